The minimum absolute atomic E-state index is 0.0841. The number of nitrogens with two attached hydrogens (primary N) is 1. The summed E-state index contributed by atoms with van der Waals surface area (Å²) in [5.74, 6) is -0.439. The summed E-state index contributed by atoms with van der Waals surface area (Å²) >= 11 is 0. The number of hydrogen-bond donors (Lipinski definition) is 3. The van der Waals surface area contributed by atoms with E-state index in [1.807, 2.05) is 4.98 Å². The van der Waals surface area contributed by atoms with E-state index < -0.39 is 17.2 Å². The second-order valence-electron chi connectivity index (χ2n) is 3.35. The quantitative estimate of drug-likeness (QED) is 0.579. The molecule has 0 saturated heterocycles. The van der Waals surface area contributed by atoms with Gasteiger partial charge in [0.15, 0.2) is 0 Å². The van der Waals surface area contributed by atoms with Crippen LogP contribution in [0.4, 0.5) is 0 Å². The minimum atomic E-state index is -0.687. The largest absolute Gasteiger partial charge is 0.341 e. The van der Waals surface area contributed by atoms with Crippen LogP contribution < -0.4 is 17.0 Å². The first-order chi connectivity index (χ1) is 7.56. The van der Waals surface area contributed by atoms with Crippen molar-refractivity contribution in [1.82, 2.24) is 14.9 Å². The molecule has 0 radical (unpaired) electrons. The standard InChI is InChI=1S/C9H14N4O3/c1-13(4-2-3-10)8(15)6-5-11-9(16)12-7(6)14/h5H,2-4,10H2,1H3,(H2,11,12,14,16). The molecule has 1 amide bonds. The zero-order valence-electron chi connectivity index (χ0n) is 8.95. The van der Waals surface area contributed by atoms with Gasteiger partial charge in [-0.25, -0.2) is 4.79 Å². The van der Waals surface area contributed by atoms with E-state index in [0.29, 0.717) is 19.5 Å². The number of H-pyrrole nitrogens is 2. The van der Waals surface area contributed by atoms with Crippen LogP contribution in [0.15, 0.2) is 15.8 Å². The number of nitrogens with one attached hydrogen (secondary N) is 2. The van der Waals surface area contributed by atoms with Gasteiger partial charge in [0.25, 0.3) is 11.5 Å². The molecule has 88 valence electrons. The predicted octanol–water partition coefficient (Wildman–Crippen LogP) is -1.52. The Morgan fingerprint density at radius 1 is 1.50 bits per heavy atom. The zero-order valence-corrected chi connectivity index (χ0v) is 8.95. The number of carbonyl (C=O) groups excluding carboxylic acids is 1. The van der Waals surface area contributed by atoms with E-state index in [9.17, 15) is 14.4 Å². The Hall–Kier alpha value is -1.89. The zero-order chi connectivity index (χ0) is 12.1. The van der Waals surface area contributed by atoms with Gasteiger partial charge in [0.05, 0.1) is 0 Å². The van der Waals surface area contributed by atoms with E-state index in [-0.39, 0.29) is 5.56 Å². The first kappa shape index (κ1) is 12.2. The monoisotopic (exact) mass is 226 g/mol. The van der Waals surface area contributed by atoms with Gasteiger partial charge in [-0.2, -0.15) is 0 Å². The number of amides is 1. The molecule has 0 aliphatic heterocycles. The molecule has 0 saturated carbocycles. The minimum Gasteiger partial charge on any atom is -0.341 e. The molecule has 0 aromatic carbocycles. The summed E-state index contributed by atoms with van der Waals surface area (Å²) in [5.41, 5.74) is 3.91. The molecule has 0 fully saturated rings. The molecule has 0 spiro atoms. The van der Waals surface area contributed by atoms with Gasteiger partial charge in [-0.15, -0.1) is 0 Å². The van der Waals surface area contributed by atoms with Crippen LogP contribution in [-0.4, -0.2) is 40.9 Å². The summed E-state index contributed by atoms with van der Waals surface area (Å²) in [6, 6.07) is 0. The number of nitrogens with zero attached hydrogens (tertiary/aromatic N) is 1. The molecule has 4 N–H and O–H groups in total. The Bertz CT molecular complexity index is 476. The third-order valence-corrected chi connectivity index (χ3v) is 2.09. The van der Waals surface area contributed by atoms with Crippen LogP contribution in [0.25, 0.3) is 0 Å². The van der Waals surface area contributed by atoms with Gasteiger partial charge >= 0.3 is 5.69 Å². The summed E-state index contributed by atoms with van der Waals surface area (Å²) in [4.78, 5) is 39.4. The maximum atomic E-state index is 11.7. The Kier molecular flexibility index (Phi) is 4.01. The summed E-state index contributed by atoms with van der Waals surface area (Å²) in [7, 11) is 1.57. The molecule has 1 rings (SSSR count). The van der Waals surface area contributed by atoms with Crippen molar-refractivity contribution in [3.05, 3.63) is 32.6 Å². The van der Waals surface area contributed by atoms with Crippen molar-refractivity contribution in [3.63, 3.8) is 0 Å². The van der Waals surface area contributed by atoms with Crippen molar-refractivity contribution < 1.29 is 4.79 Å². The van der Waals surface area contributed by atoms with Crippen LogP contribution in [0.1, 0.15) is 16.8 Å². The van der Waals surface area contributed by atoms with Crippen molar-refractivity contribution in [3.8, 4) is 0 Å². The van der Waals surface area contributed by atoms with Crippen molar-refractivity contribution in [2.75, 3.05) is 20.1 Å². The molecular weight excluding hydrogens is 212 g/mol. The van der Waals surface area contributed by atoms with Crippen LogP contribution in [0.5, 0.6) is 0 Å². The van der Waals surface area contributed by atoms with Crippen molar-refractivity contribution in [2.45, 2.75) is 6.42 Å². The van der Waals surface area contributed by atoms with Crippen LogP contribution >= 0.6 is 0 Å². The highest BCUT2D eigenvalue weighted by molar-refractivity contribution is 5.93. The molecule has 1 aromatic heterocycles. The first-order valence-corrected chi connectivity index (χ1v) is 4.84. The number of rotatable bonds is 4. The van der Waals surface area contributed by atoms with E-state index in [0.717, 1.165) is 6.20 Å². The van der Waals surface area contributed by atoms with Crippen molar-refractivity contribution >= 4 is 5.91 Å². The molecule has 0 unspecified atom stereocenters. The van der Waals surface area contributed by atoms with Crippen LogP contribution in [-0.2, 0) is 0 Å². The highest BCUT2D eigenvalue weighted by Gasteiger charge is 2.14. The number of aromatic nitrogens is 2. The molecule has 0 atom stereocenters. The lowest BCUT2D eigenvalue weighted by molar-refractivity contribution is 0.0792. The molecule has 7 nitrogen and oxygen atoms in total. The number of carbonyl (C=O) groups is 1. The molecule has 1 aromatic rings. The smallest absolute Gasteiger partial charge is 0.325 e. The maximum absolute atomic E-state index is 11.7. The Morgan fingerprint density at radius 3 is 2.75 bits per heavy atom. The van der Waals surface area contributed by atoms with Gasteiger partial charge in [0.2, 0.25) is 0 Å². The topological polar surface area (TPSA) is 112 Å². The van der Waals surface area contributed by atoms with Gasteiger partial charge in [0.1, 0.15) is 5.56 Å². The fourth-order valence-corrected chi connectivity index (χ4v) is 1.20. The van der Waals surface area contributed by atoms with Crippen LogP contribution in [0, 0.1) is 0 Å². The summed E-state index contributed by atoms with van der Waals surface area (Å²) in [6.45, 7) is 0.938. The fraction of sp³-hybridized carbons (Fsp3) is 0.444. The van der Waals surface area contributed by atoms with E-state index in [1.165, 1.54) is 4.90 Å². The Labute approximate surface area is 91.3 Å². The lowest BCUT2D eigenvalue weighted by Gasteiger charge is -2.15. The molecule has 1 heterocycles. The molecule has 16 heavy (non-hydrogen) atoms. The van der Waals surface area contributed by atoms with E-state index in [1.54, 1.807) is 7.05 Å². The van der Waals surface area contributed by atoms with Crippen LogP contribution in [0.3, 0.4) is 0 Å². The summed E-state index contributed by atoms with van der Waals surface area (Å²) in [6.07, 6.45) is 1.77. The van der Waals surface area contributed by atoms with E-state index >= 15 is 0 Å². The summed E-state index contributed by atoms with van der Waals surface area (Å²) in [5, 5.41) is 0. The van der Waals surface area contributed by atoms with Crippen molar-refractivity contribution in [1.29, 1.82) is 0 Å². The van der Waals surface area contributed by atoms with Gasteiger partial charge in [-0.05, 0) is 13.0 Å². The average Bonchev–Trinajstić information content (AvgIpc) is 2.25. The second-order valence-corrected chi connectivity index (χ2v) is 3.35. The first-order valence-electron chi connectivity index (χ1n) is 4.84. The SMILES string of the molecule is CN(CCCN)C(=O)c1c[nH]c(=O)[nH]c1=O. The average molecular weight is 226 g/mol. The lowest BCUT2D eigenvalue weighted by Crippen LogP contribution is -2.35. The normalized spacial score (nSPS) is 10.1. The highest BCUT2D eigenvalue weighted by atomic mass is 16.2. The number of aromatic amines is 2. The molecular formula is C9H14N4O3. The fourth-order valence-electron chi connectivity index (χ4n) is 1.20. The lowest BCUT2D eigenvalue weighted by atomic mass is 10.3. The molecule has 0 aliphatic rings. The van der Waals surface area contributed by atoms with Gasteiger partial charge in [-0.3, -0.25) is 14.6 Å². The van der Waals surface area contributed by atoms with E-state index in [4.69, 9.17) is 5.73 Å². The van der Waals surface area contributed by atoms with Gasteiger partial charge in [-0.1, -0.05) is 0 Å². The summed E-state index contributed by atoms with van der Waals surface area (Å²) < 4.78 is 0. The highest BCUT2D eigenvalue weighted by Crippen LogP contribution is 1.95. The third-order valence-electron chi connectivity index (χ3n) is 2.09. The maximum Gasteiger partial charge on any atom is 0.325 e. The molecule has 0 bridgehead atoms. The molecule has 7 heteroatoms. The number of hydrogen-bond acceptors (Lipinski definition) is 4. The van der Waals surface area contributed by atoms with Gasteiger partial charge < -0.3 is 15.6 Å². The van der Waals surface area contributed by atoms with Crippen LogP contribution in [0.2, 0.25) is 0 Å². The van der Waals surface area contributed by atoms with E-state index in [2.05, 4.69) is 4.98 Å². The Balaban J connectivity index is 2.88. The Morgan fingerprint density at radius 2 is 2.19 bits per heavy atom. The van der Waals surface area contributed by atoms with Crippen molar-refractivity contribution in [2.24, 2.45) is 5.73 Å². The van der Waals surface area contributed by atoms with Gasteiger partial charge in [0, 0.05) is 19.8 Å². The molecule has 0 aliphatic carbocycles. The predicted molar refractivity (Wildman–Crippen MR) is 58.3 cm³/mol. The third kappa shape index (κ3) is 2.80. The second kappa shape index (κ2) is 5.26.